The van der Waals surface area contributed by atoms with E-state index in [-0.39, 0.29) is 5.91 Å². The first kappa shape index (κ1) is 14.8. The van der Waals surface area contributed by atoms with Crippen LogP contribution >= 0.6 is 0 Å². The quantitative estimate of drug-likeness (QED) is 0.846. The number of hydrazine groups is 1. The molecular weight excluding hydrogens is 300 g/mol. The fourth-order valence-electron chi connectivity index (χ4n) is 2.47. The summed E-state index contributed by atoms with van der Waals surface area (Å²) in [7, 11) is -1.34. The van der Waals surface area contributed by atoms with Gasteiger partial charge < -0.3 is 0 Å². The molecule has 1 amide bonds. The number of carbonyl (C=O) groups excluding carboxylic acids is 1. The van der Waals surface area contributed by atoms with Crippen molar-refractivity contribution in [3.05, 3.63) is 60.2 Å². The lowest BCUT2D eigenvalue weighted by Crippen LogP contribution is -2.49. The van der Waals surface area contributed by atoms with Gasteiger partial charge in [0.25, 0.3) is 5.91 Å². The molecule has 1 heterocycles. The molecule has 114 valence electrons. The van der Waals surface area contributed by atoms with Crippen molar-refractivity contribution in [2.24, 2.45) is 0 Å². The van der Waals surface area contributed by atoms with Crippen molar-refractivity contribution in [2.75, 3.05) is 6.26 Å². The standard InChI is InChI=1S/C15H16N4O2S/c1-22(21)19(18-14(20)12-9-16-11-17-10-12)15(7-8-15)13-5-3-2-4-6-13/h2-6,9-11H,7-8H2,1H3,(H,18,20). The molecule has 1 aliphatic rings. The van der Waals surface area contributed by atoms with Gasteiger partial charge in [0.1, 0.15) is 17.3 Å². The molecule has 1 aromatic carbocycles. The minimum absolute atomic E-state index is 0.335. The van der Waals surface area contributed by atoms with E-state index in [9.17, 15) is 9.00 Å². The van der Waals surface area contributed by atoms with Gasteiger partial charge in [-0.15, -0.1) is 4.41 Å². The molecule has 0 aliphatic heterocycles. The average Bonchev–Trinajstić information content (AvgIpc) is 3.35. The van der Waals surface area contributed by atoms with Gasteiger partial charge in [0.15, 0.2) is 0 Å². The summed E-state index contributed by atoms with van der Waals surface area (Å²) in [5.74, 6) is -0.363. The number of hydrogen-bond donors (Lipinski definition) is 1. The number of amides is 1. The molecule has 6 nitrogen and oxygen atoms in total. The number of carbonyl (C=O) groups is 1. The van der Waals surface area contributed by atoms with Gasteiger partial charge in [-0.2, -0.15) is 0 Å². The van der Waals surface area contributed by atoms with Crippen LogP contribution in [-0.4, -0.2) is 30.8 Å². The van der Waals surface area contributed by atoms with Crippen molar-refractivity contribution in [2.45, 2.75) is 18.4 Å². The zero-order valence-electron chi connectivity index (χ0n) is 12.1. The molecule has 7 heteroatoms. The van der Waals surface area contributed by atoms with Gasteiger partial charge in [-0.3, -0.25) is 10.2 Å². The Bertz CT molecular complexity index is 689. The highest BCUT2D eigenvalue weighted by molar-refractivity contribution is 7.81. The molecule has 0 radical (unpaired) electrons. The highest BCUT2D eigenvalue weighted by Crippen LogP contribution is 2.50. The van der Waals surface area contributed by atoms with Gasteiger partial charge in [-0.05, 0) is 18.4 Å². The fraction of sp³-hybridized carbons (Fsp3) is 0.267. The Balaban J connectivity index is 1.86. The Hall–Kier alpha value is -2.12. The van der Waals surface area contributed by atoms with E-state index >= 15 is 0 Å². The highest BCUT2D eigenvalue weighted by atomic mass is 32.2. The maximum Gasteiger partial charge on any atom is 0.269 e. The van der Waals surface area contributed by atoms with Crippen molar-refractivity contribution in [1.82, 2.24) is 19.8 Å². The number of rotatable bonds is 5. The zero-order chi connectivity index (χ0) is 15.6. The third-order valence-corrected chi connectivity index (χ3v) is 4.66. The summed E-state index contributed by atoms with van der Waals surface area (Å²) in [5, 5.41) is 0. The summed E-state index contributed by atoms with van der Waals surface area (Å²) in [6, 6.07) is 9.81. The molecular formula is C15H16N4O2S. The Labute approximate surface area is 131 Å². The molecule has 0 bridgehead atoms. The lowest BCUT2D eigenvalue weighted by molar-refractivity contribution is 0.0839. The summed E-state index contributed by atoms with van der Waals surface area (Å²) < 4.78 is 13.7. The van der Waals surface area contributed by atoms with E-state index in [1.165, 1.54) is 23.1 Å². The van der Waals surface area contributed by atoms with Gasteiger partial charge in [0.05, 0.1) is 11.1 Å². The van der Waals surface area contributed by atoms with E-state index in [0.717, 1.165) is 18.4 Å². The molecule has 0 saturated heterocycles. The first-order chi connectivity index (χ1) is 10.6. The summed E-state index contributed by atoms with van der Waals surface area (Å²) in [4.78, 5) is 20.0. The molecule has 1 fully saturated rings. The Morgan fingerprint density at radius 3 is 2.41 bits per heavy atom. The Morgan fingerprint density at radius 1 is 1.23 bits per heavy atom. The van der Waals surface area contributed by atoms with E-state index in [0.29, 0.717) is 5.56 Å². The molecule has 2 aromatic rings. The Morgan fingerprint density at radius 2 is 1.86 bits per heavy atom. The highest BCUT2D eigenvalue weighted by Gasteiger charge is 2.52. The molecule has 3 rings (SSSR count). The SMILES string of the molecule is CS(=O)N(NC(=O)c1cncnc1)C1(c2ccccc2)CC1. The van der Waals surface area contributed by atoms with Crippen LogP contribution in [0.5, 0.6) is 0 Å². The lowest BCUT2D eigenvalue weighted by Gasteiger charge is -2.29. The second-order valence-corrected chi connectivity index (χ2v) is 6.40. The molecule has 1 aromatic heterocycles. The van der Waals surface area contributed by atoms with Crippen LogP contribution in [0.3, 0.4) is 0 Å². The summed E-state index contributed by atoms with van der Waals surface area (Å²) in [5.41, 5.74) is 3.74. The van der Waals surface area contributed by atoms with Gasteiger partial charge in [-0.1, -0.05) is 30.3 Å². The van der Waals surface area contributed by atoms with Gasteiger partial charge in [0, 0.05) is 18.6 Å². The average molecular weight is 316 g/mol. The second-order valence-electron chi connectivity index (χ2n) is 5.18. The normalized spacial score (nSPS) is 17.0. The number of nitrogens with one attached hydrogen (secondary N) is 1. The summed E-state index contributed by atoms with van der Waals surface area (Å²) >= 11 is 0. The van der Waals surface area contributed by atoms with Crippen LogP contribution in [0.1, 0.15) is 28.8 Å². The Kier molecular flexibility index (Phi) is 4.00. The van der Waals surface area contributed by atoms with Gasteiger partial charge >= 0.3 is 0 Å². The van der Waals surface area contributed by atoms with E-state index in [2.05, 4.69) is 15.4 Å². The molecule has 1 unspecified atom stereocenters. The van der Waals surface area contributed by atoms with E-state index < -0.39 is 16.5 Å². The molecule has 1 saturated carbocycles. The van der Waals surface area contributed by atoms with Crippen LogP contribution < -0.4 is 5.43 Å². The van der Waals surface area contributed by atoms with E-state index in [4.69, 9.17) is 0 Å². The van der Waals surface area contributed by atoms with Crippen molar-refractivity contribution in [3.63, 3.8) is 0 Å². The van der Waals surface area contributed by atoms with Crippen LogP contribution in [0.4, 0.5) is 0 Å². The first-order valence-electron chi connectivity index (χ1n) is 6.89. The number of aromatic nitrogens is 2. The van der Waals surface area contributed by atoms with Crippen molar-refractivity contribution >= 4 is 16.9 Å². The summed E-state index contributed by atoms with van der Waals surface area (Å²) in [6.07, 6.45) is 7.48. The summed E-state index contributed by atoms with van der Waals surface area (Å²) in [6.45, 7) is 0. The monoisotopic (exact) mass is 316 g/mol. The predicted octanol–water partition coefficient (Wildman–Crippen LogP) is 1.41. The van der Waals surface area contributed by atoms with Crippen molar-refractivity contribution in [1.29, 1.82) is 0 Å². The molecule has 22 heavy (non-hydrogen) atoms. The zero-order valence-corrected chi connectivity index (χ0v) is 12.9. The van der Waals surface area contributed by atoms with Crippen LogP contribution in [0, 0.1) is 0 Å². The van der Waals surface area contributed by atoms with Crippen LogP contribution in [-0.2, 0) is 16.5 Å². The third-order valence-electron chi connectivity index (χ3n) is 3.71. The predicted molar refractivity (Wildman–Crippen MR) is 82.8 cm³/mol. The van der Waals surface area contributed by atoms with Crippen molar-refractivity contribution < 1.29 is 9.00 Å². The maximum absolute atomic E-state index is 12.3. The minimum Gasteiger partial charge on any atom is -0.272 e. The first-order valence-corrected chi connectivity index (χ1v) is 8.40. The smallest absolute Gasteiger partial charge is 0.269 e. The molecule has 0 spiro atoms. The fourth-order valence-corrected chi connectivity index (χ4v) is 3.46. The van der Waals surface area contributed by atoms with Gasteiger partial charge in [0.2, 0.25) is 0 Å². The van der Waals surface area contributed by atoms with Crippen LogP contribution in [0.2, 0.25) is 0 Å². The molecule has 1 N–H and O–H groups in total. The molecule has 1 aliphatic carbocycles. The largest absolute Gasteiger partial charge is 0.272 e. The van der Waals surface area contributed by atoms with Crippen LogP contribution in [0.25, 0.3) is 0 Å². The topological polar surface area (TPSA) is 75.2 Å². The van der Waals surface area contributed by atoms with Gasteiger partial charge in [-0.25, -0.2) is 14.2 Å². The number of nitrogens with zero attached hydrogens (tertiary/aromatic N) is 3. The van der Waals surface area contributed by atoms with Crippen molar-refractivity contribution in [3.8, 4) is 0 Å². The van der Waals surface area contributed by atoms with Crippen LogP contribution in [0.15, 0.2) is 49.1 Å². The maximum atomic E-state index is 12.3. The molecule has 1 atom stereocenters. The number of hydrogen-bond acceptors (Lipinski definition) is 4. The second kappa shape index (κ2) is 5.94. The minimum atomic E-state index is -1.34. The van der Waals surface area contributed by atoms with E-state index in [1.807, 2.05) is 30.3 Å². The number of benzene rings is 1. The lowest BCUT2D eigenvalue weighted by atomic mass is 10.1. The van der Waals surface area contributed by atoms with E-state index in [1.54, 1.807) is 6.26 Å². The third kappa shape index (κ3) is 2.77.